The van der Waals surface area contributed by atoms with E-state index in [-0.39, 0.29) is 32.5 Å². The maximum Gasteiger partial charge on any atom is 0.306 e. The van der Waals surface area contributed by atoms with Crippen LogP contribution >= 0.6 is 7.82 Å². The Hall–Kier alpha value is -2.41. The highest BCUT2D eigenvalue weighted by Crippen LogP contribution is 2.38. The van der Waals surface area contributed by atoms with Crippen LogP contribution in [0.15, 0.2) is 60.8 Å². The summed E-state index contributed by atoms with van der Waals surface area (Å²) in [7, 11) is 0.980. The van der Waals surface area contributed by atoms with Crippen LogP contribution < -0.4 is 4.89 Å². The molecule has 0 fully saturated rings. The first-order chi connectivity index (χ1) is 28.2. The molecule has 0 aliphatic heterocycles. The molecule has 342 valence electrons. The number of rotatable bonds is 39. The summed E-state index contributed by atoms with van der Waals surface area (Å²) in [5.41, 5.74) is 0. The molecule has 0 spiro atoms. The van der Waals surface area contributed by atoms with Crippen LogP contribution in [-0.4, -0.2) is 104 Å². The number of phosphoric acid groups is 1. The number of allylic oxidation sites excluding steroid dienone is 6. The number of hydrogen-bond donors (Lipinski definition) is 3. The molecule has 0 heterocycles. The van der Waals surface area contributed by atoms with Gasteiger partial charge in [0.15, 0.2) is 6.10 Å². The van der Waals surface area contributed by atoms with Crippen molar-refractivity contribution in [2.45, 2.75) is 173 Å². The highest BCUT2D eigenvalue weighted by molar-refractivity contribution is 7.45. The van der Waals surface area contributed by atoms with E-state index in [1.807, 2.05) is 34.1 Å². The predicted molar refractivity (Wildman–Crippen MR) is 235 cm³/mol. The summed E-state index contributed by atoms with van der Waals surface area (Å²) in [5, 5.41) is 29.8. The molecule has 0 aliphatic rings. The molecule has 0 saturated heterocycles. The van der Waals surface area contributed by atoms with Crippen LogP contribution in [0.1, 0.15) is 149 Å². The van der Waals surface area contributed by atoms with Gasteiger partial charge in [-0.1, -0.05) is 164 Å². The van der Waals surface area contributed by atoms with E-state index in [0.717, 1.165) is 19.3 Å². The van der Waals surface area contributed by atoms with E-state index in [9.17, 15) is 34.4 Å². The van der Waals surface area contributed by atoms with Gasteiger partial charge in [0.05, 0.1) is 46.1 Å². The fraction of sp³-hybridized carbons (Fsp3) is 0.739. The summed E-state index contributed by atoms with van der Waals surface area (Å²) >= 11 is 0. The molecular formula is C46H82NO11P. The van der Waals surface area contributed by atoms with Crippen molar-refractivity contribution in [3.05, 3.63) is 60.8 Å². The van der Waals surface area contributed by atoms with Crippen LogP contribution in [0, 0.1) is 0 Å². The van der Waals surface area contributed by atoms with Gasteiger partial charge in [-0.25, -0.2) is 0 Å². The standard InChI is InChI=1S/C46H82NO11P/c1-6-8-9-10-11-12-13-14-15-16-17-18-19-20-28-35-45(51)55-39-44(40-57-59(53,54)56-38-37-47(3,4)5)58-46(52)36-29-34-43(50)32-25-22-21-24-31-42(49)33-27-23-26-30-41(48)7-2/h21-27,30-32,41-44,48-50H,6-20,28-29,33-40H2,1-5H3/b22-21-,27-23-,30-26+,31-24+,32-25+. The number of esters is 2. The summed E-state index contributed by atoms with van der Waals surface area (Å²) in [6.07, 6.45) is 34.0. The molecular weight excluding hydrogens is 773 g/mol. The second-order valence-corrected chi connectivity index (χ2v) is 17.7. The van der Waals surface area contributed by atoms with Crippen molar-refractivity contribution in [2.24, 2.45) is 0 Å². The van der Waals surface area contributed by atoms with Gasteiger partial charge in [0.1, 0.15) is 19.8 Å². The first kappa shape index (κ1) is 56.6. The van der Waals surface area contributed by atoms with Crippen LogP contribution in [0.3, 0.4) is 0 Å². The van der Waals surface area contributed by atoms with Gasteiger partial charge in [0.25, 0.3) is 7.82 Å². The Morgan fingerprint density at radius 2 is 1.14 bits per heavy atom. The molecule has 5 atom stereocenters. The van der Waals surface area contributed by atoms with E-state index in [2.05, 4.69) is 6.92 Å². The SMILES string of the molecule is CCCCCCCCCCCCCCCCCC(=O)OCC(COP(=O)([O-])OCC[N+](C)(C)C)OC(=O)CCCC(O)/C=C/C=C\C=C\C(O)C/C=C\C=C\C(O)CC. The lowest BCUT2D eigenvalue weighted by Crippen LogP contribution is -2.37. The second kappa shape index (κ2) is 37.4. The molecule has 0 aromatic carbocycles. The van der Waals surface area contributed by atoms with Gasteiger partial charge >= 0.3 is 11.9 Å². The van der Waals surface area contributed by atoms with E-state index in [4.69, 9.17) is 18.5 Å². The van der Waals surface area contributed by atoms with E-state index >= 15 is 0 Å². The average molecular weight is 856 g/mol. The third kappa shape index (κ3) is 40.8. The molecule has 0 aliphatic carbocycles. The molecule has 5 unspecified atom stereocenters. The number of nitrogens with zero attached hydrogens (tertiary/aromatic N) is 1. The topological polar surface area (TPSA) is 172 Å². The zero-order chi connectivity index (χ0) is 44.0. The molecule has 0 aromatic heterocycles. The summed E-state index contributed by atoms with van der Waals surface area (Å²) in [6.45, 7) is 3.55. The molecule has 0 amide bonds. The highest BCUT2D eigenvalue weighted by Gasteiger charge is 2.22. The van der Waals surface area contributed by atoms with Gasteiger partial charge in [-0.3, -0.25) is 14.2 Å². The Bertz CT molecular complexity index is 1240. The van der Waals surface area contributed by atoms with E-state index in [1.54, 1.807) is 54.7 Å². The van der Waals surface area contributed by atoms with Gasteiger partial charge in [0.2, 0.25) is 0 Å². The first-order valence-corrected chi connectivity index (χ1v) is 23.8. The molecule has 3 N–H and O–H groups in total. The van der Waals surface area contributed by atoms with Crippen molar-refractivity contribution in [1.82, 2.24) is 0 Å². The maximum absolute atomic E-state index is 12.7. The average Bonchev–Trinajstić information content (AvgIpc) is 3.17. The minimum Gasteiger partial charge on any atom is -0.756 e. The Morgan fingerprint density at radius 3 is 1.69 bits per heavy atom. The quantitative estimate of drug-likeness (QED) is 0.0178. The molecule has 0 rings (SSSR count). The Morgan fingerprint density at radius 1 is 0.627 bits per heavy atom. The van der Waals surface area contributed by atoms with Crippen molar-refractivity contribution in [3.8, 4) is 0 Å². The smallest absolute Gasteiger partial charge is 0.306 e. The lowest BCUT2D eigenvalue weighted by molar-refractivity contribution is -0.870. The molecule has 0 aromatic rings. The van der Waals surface area contributed by atoms with Crippen molar-refractivity contribution >= 4 is 19.8 Å². The number of carbonyl (C=O) groups is 2. The Balaban J connectivity index is 4.64. The van der Waals surface area contributed by atoms with Crippen molar-refractivity contribution in [2.75, 3.05) is 47.5 Å². The van der Waals surface area contributed by atoms with Crippen molar-refractivity contribution in [1.29, 1.82) is 0 Å². The van der Waals surface area contributed by atoms with Gasteiger partial charge in [-0.2, -0.15) is 0 Å². The lowest BCUT2D eigenvalue weighted by atomic mass is 10.0. The van der Waals surface area contributed by atoms with Gasteiger partial charge in [-0.05, 0) is 32.1 Å². The zero-order valence-corrected chi connectivity index (χ0v) is 38.2. The number of likely N-dealkylation sites (N-methyl/N-ethyl adjacent to an activating group) is 1. The van der Waals surface area contributed by atoms with Crippen molar-refractivity contribution < 1.29 is 57.4 Å². The number of hydrogen-bond acceptors (Lipinski definition) is 11. The fourth-order valence-corrected chi connectivity index (χ4v) is 6.39. The molecule has 12 nitrogen and oxygen atoms in total. The lowest BCUT2D eigenvalue weighted by Gasteiger charge is -2.28. The third-order valence-corrected chi connectivity index (χ3v) is 10.4. The molecule has 0 bridgehead atoms. The second-order valence-electron chi connectivity index (χ2n) is 16.3. The van der Waals surface area contributed by atoms with Crippen molar-refractivity contribution in [3.63, 3.8) is 0 Å². The molecule has 0 saturated carbocycles. The molecule has 0 radical (unpaired) electrons. The minimum atomic E-state index is -4.70. The summed E-state index contributed by atoms with van der Waals surface area (Å²) < 4.78 is 33.6. The van der Waals surface area contributed by atoms with Gasteiger partial charge < -0.3 is 43.2 Å². The van der Waals surface area contributed by atoms with Crippen LogP contribution in [0.5, 0.6) is 0 Å². The van der Waals surface area contributed by atoms with Crippen LogP contribution in [0.2, 0.25) is 0 Å². The molecule has 59 heavy (non-hydrogen) atoms. The van der Waals surface area contributed by atoms with Gasteiger partial charge in [0, 0.05) is 12.8 Å². The highest BCUT2D eigenvalue weighted by atomic mass is 31.2. The first-order valence-electron chi connectivity index (χ1n) is 22.3. The number of aliphatic hydroxyl groups is 3. The van der Waals surface area contributed by atoms with Gasteiger partial charge in [-0.15, -0.1) is 0 Å². The maximum atomic E-state index is 12.7. The van der Waals surface area contributed by atoms with E-state index < -0.39 is 50.8 Å². The monoisotopic (exact) mass is 856 g/mol. The zero-order valence-electron chi connectivity index (χ0n) is 37.3. The Labute approximate surface area is 357 Å². The van der Waals surface area contributed by atoms with E-state index in [1.165, 1.54) is 70.6 Å². The number of unbranched alkanes of at least 4 members (excludes halogenated alkanes) is 14. The summed E-state index contributed by atoms with van der Waals surface area (Å²) in [5.74, 6) is -1.10. The van der Waals surface area contributed by atoms with Crippen LogP contribution in [-0.2, 0) is 32.7 Å². The third-order valence-electron chi connectivity index (χ3n) is 9.40. The molecule has 13 heteroatoms. The van der Waals surface area contributed by atoms with E-state index in [0.29, 0.717) is 36.7 Å². The van der Waals surface area contributed by atoms with Crippen LogP contribution in [0.25, 0.3) is 0 Å². The number of quaternary nitrogens is 1. The normalized spacial score (nSPS) is 15.7. The number of carbonyl (C=O) groups excluding carboxylic acids is 2. The Kier molecular flexibility index (Phi) is 35.8. The van der Waals surface area contributed by atoms with Crippen LogP contribution in [0.4, 0.5) is 0 Å². The summed E-state index contributed by atoms with van der Waals surface area (Å²) in [4.78, 5) is 37.6. The fourth-order valence-electron chi connectivity index (χ4n) is 5.67. The predicted octanol–water partition coefficient (Wildman–Crippen LogP) is 8.74. The number of phosphoric ester groups is 1. The largest absolute Gasteiger partial charge is 0.756 e. The number of aliphatic hydroxyl groups excluding tert-OH is 3. The number of ether oxygens (including phenoxy) is 2. The summed E-state index contributed by atoms with van der Waals surface area (Å²) in [6, 6.07) is 0. The minimum absolute atomic E-state index is 0.0522.